The molecule has 2 aliphatic rings. The number of nitrogens with one attached hydrogen (secondary N) is 3. The standard InChI is InChI=1S/C20H30ClN5O2/c1-14(2)11-15-12-18(24-23-15)20(28)26-9-7-25(8-10-26)13-19(27)22-17-6-4-3-5-16(17)21/h3-6,14-15,18,23-24H,7-13H2,1-2H3,(H,22,27). The normalized spacial score (nSPS) is 23.2. The van der Waals surface area contributed by atoms with Crippen LogP contribution in [-0.4, -0.2) is 66.4 Å². The molecular weight excluding hydrogens is 378 g/mol. The average Bonchev–Trinajstić information content (AvgIpc) is 3.11. The molecule has 2 amide bonds. The monoisotopic (exact) mass is 407 g/mol. The lowest BCUT2D eigenvalue weighted by Gasteiger charge is -2.35. The molecule has 8 heteroatoms. The first-order chi connectivity index (χ1) is 13.4. The molecule has 1 aromatic rings. The summed E-state index contributed by atoms with van der Waals surface area (Å²) in [5.74, 6) is 0.665. The van der Waals surface area contributed by atoms with Crippen LogP contribution in [0.2, 0.25) is 5.02 Å². The Morgan fingerprint density at radius 1 is 1.18 bits per heavy atom. The fraction of sp³-hybridized carbons (Fsp3) is 0.600. The SMILES string of the molecule is CC(C)CC1CC(C(=O)N2CCN(CC(=O)Nc3ccccc3Cl)CC2)NN1. The van der Waals surface area contributed by atoms with E-state index in [1.54, 1.807) is 12.1 Å². The number of rotatable bonds is 6. The number of carbonyl (C=O) groups excluding carboxylic acids is 2. The summed E-state index contributed by atoms with van der Waals surface area (Å²) in [6, 6.07) is 7.39. The van der Waals surface area contributed by atoms with Gasteiger partial charge in [-0.25, -0.2) is 5.43 Å². The lowest BCUT2D eigenvalue weighted by Crippen LogP contribution is -2.54. The van der Waals surface area contributed by atoms with Gasteiger partial charge in [-0.2, -0.15) is 0 Å². The summed E-state index contributed by atoms with van der Waals surface area (Å²) >= 11 is 6.08. The summed E-state index contributed by atoms with van der Waals surface area (Å²) in [6.07, 6.45) is 1.89. The number of piperazine rings is 1. The van der Waals surface area contributed by atoms with Crippen molar-refractivity contribution in [3.8, 4) is 0 Å². The molecule has 0 spiro atoms. The fourth-order valence-electron chi connectivity index (χ4n) is 3.81. The first-order valence-electron chi connectivity index (χ1n) is 9.99. The van der Waals surface area contributed by atoms with Gasteiger partial charge in [-0.15, -0.1) is 0 Å². The number of nitrogens with zero attached hydrogens (tertiary/aromatic N) is 2. The smallest absolute Gasteiger partial charge is 0.241 e. The maximum atomic E-state index is 12.8. The number of hydrogen-bond acceptors (Lipinski definition) is 5. The Kier molecular flexibility index (Phi) is 7.29. The molecule has 28 heavy (non-hydrogen) atoms. The first kappa shape index (κ1) is 21.0. The number of carbonyl (C=O) groups is 2. The minimum absolute atomic E-state index is 0.0916. The molecule has 0 bridgehead atoms. The third kappa shape index (κ3) is 5.67. The van der Waals surface area contributed by atoms with E-state index in [1.807, 2.05) is 17.0 Å². The molecule has 2 atom stereocenters. The van der Waals surface area contributed by atoms with Gasteiger partial charge in [0.2, 0.25) is 11.8 Å². The van der Waals surface area contributed by atoms with Crippen molar-refractivity contribution in [2.45, 2.75) is 38.8 Å². The van der Waals surface area contributed by atoms with Crippen molar-refractivity contribution in [3.63, 3.8) is 0 Å². The Balaban J connectivity index is 1.41. The zero-order valence-corrected chi connectivity index (χ0v) is 17.3. The van der Waals surface area contributed by atoms with Gasteiger partial charge in [0, 0.05) is 32.2 Å². The lowest BCUT2D eigenvalue weighted by molar-refractivity contribution is -0.135. The zero-order valence-electron chi connectivity index (χ0n) is 16.6. The van der Waals surface area contributed by atoms with Crippen molar-refractivity contribution < 1.29 is 9.59 Å². The number of para-hydroxylation sites is 1. The van der Waals surface area contributed by atoms with Crippen LogP contribution in [0.15, 0.2) is 24.3 Å². The largest absolute Gasteiger partial charge is 0.339 e. The third-order valence-electron chi connectivity index (χ3n) is 5.24. The van der Waals surface area contributed by atoms with Gasteiger partial charge in [-0.1, -0.05) is 37.6 Å². The van der Waals surface area contributed by atoms with Crippen molar-refractivity contribution in [3.05, 3.63) is 29.3 Å². The Bertz CT molecular complexity index is 691. The van der Waals surface area contributed by atoms with Gasteiger partial charge in [-0.05, 0) is 30.9 Å². The van der Waals surface area contributed by atoms with E-state index in [9.17, 15) is 9.59 Å². The number of amides is 2. The molecule has 0 radical (unpaired) electrons. The topological polar surface area (TPSA) is 76.7 Å². The predicted molar refractivity (Wildman–Crippen MR) is 111 cm³/mol. The molecule has 3 rings (SSSR count). The molecule has 2 saturated heterocycles. The summed E-state index contributed by atoms with van der Waals surface area (Å²) in [5, 5.41) is 3.37. The second-order valence-electron chi connectivity index (χ2n) is 8.03. The van der Waals surface area contributed by atoms with Gasteiger partial charge in [0.05, 0.1) is 17.3 Å². The Labute approximate surface area is 171 Å². The molecule has 0 saturated carbocycles. The predicted octanol–water partition coefficient (Wildman–Crippen LogP) is 1.70. The van der Waals surface area contributed by atoms with Crippen LogP contribution < -0.4 is 16.2 Å². The number of hydrogen-bond donors (Lipinski definition) is 3. The summed E-state index contributed by atoms with van der Waals surface area (Å²) < 4.78 is 0. The van der Waals surface area contributed by atoms with E-state index in [-0.39, 0.29) is 17.9 Å². The number of anilines is 1. The molecule has 2 aliphatic heterocycles. The van der Waals surface area contributed by atoms with Crippen molar-refractivity contribution in [2.75, 3.05) is 38.0 Å². The maximum absolute atomic E-state index is 12.8. The van der Waals surface area contributed by atoms with Gasteiger partial charge < -0.3 is 10.2 Å². The third-order valence-corrected chi connectivity index (χ3v) is 5.56. The summed E-state index contributed by atoms with van der Waals surface area (Å²) in [7, 11) is 0. The van der Waals surface area contributed by atoms with E-state index in [1.165, 1.54) is 0 Å². The number of halogens is 1. The highest BCUT2D eigenvalue weighted by molar-refractivity contribution is 6.33. The van der Waals surface area contributed by atoms with E-state index in [4.69, 9.17) is 11.6 Å². The molecule has 2 unspecified atom stereocenters. The van der Waals surface area contributed by atoms with Crippen LogP contribution in [0.5, 0.6) is 0 Å². The fourth-order valence-corrected chi connectivity index (χ4v) is 3.99. The van der Waals surface area contributed by atoms with E-state index in [0.29, 0.717) is 55.4 Å². The Morgan fingerprint density at radius 2 is 1.89 bits per heavy atom. The van der Waals surface area contributed by atoms with Crippen molar-refractivity contribution in [1.82, 2.24) is 20.7 Å². The van der Waals surface area contributed by atoms with Gasteiger partial charge in [0.15, 0.2) is 0 Å². The molecule has 0 aromatic heterocycles. The Morgan fingerprint density at radius 3 is 2.57 bits per heavy atom. The quantitative estimate of drug-likeness (QED) is 0.669. The van der Waals surface area contributed by atoms with Crippen molar-refractivity contribution in [2.24, 2.45) is 5.92 Å². The number of hydrazine groups is 1. The van der Waals surface area contributed by atoms with Crippen molar-refractivity contribution >= 4 is 29.1 Å². The molecule has 154 valence electrons. The molecule has 7 nitrogen and oxygen atoms in total. The summed E-state index contributed by atoms with van der Waals surface area (Å²) in [5.41, 5.74) is 7.03. The maximum Gasteiger partial charge on any atom is 0.241 e. The van der Waals surface area contributed by atoms with Crippen LogP contribution >= 0.6 is 11.6 Å². The molecule has 2 heterocycles. The highest BCUT2D eigenvalue weighted by Crippen LogP contribution is 2.20. The minimum atomic E-state index is -0.154. The molecule has 1 aromatic carbocycles. The van der Waals surface area contributed by atoms with Gasteiger partial charge in [0.1, 0.15) is 6.04 Å². The van der Waals surface area contributed by atoms with Crippen LogP contribution in [0.1, 0.15) is 26.7 Å². The van der Waals surface area contributed by atoms with Gasteiger partial charge in [-0.3, -0.25) is 19.9 Å². The first-order valence-corrected chi connectivity index (χ1v) is 10.4. The van der Waals surface area contributed by atoms with Crippen LogP contribution in [0.25, 0.3) is 0 Å². The second-order valence-corrected chi connectivity index (χ2v) is 8.44. The van der Waals surface area contributed by atoms with Crippen LogP contribution in [0, 0.1) is 5.92 Å². The second kappa shape index (κ2) is 9.69. The summed E-state index contributed by atoms with van der Waals surface area (Å²) in [4.78, 5) is 29.0. The lowest BCUT2D eigenvalue weighted by atomic mass is 9.99. The van der Waals surface area contributed by atoms with Gasteiger partial charge in [0.25, 0.3) is 0 Å². The molecular formula is C20H30ClN5O2. The summed E-state index contributed by atoms with van der Waals surface area (Å²) in [6.45, 7) is 7.35. The van der Waals surface area contributed by atoms with E-state index in [0.717, 1.165) is 12.8 Å². The highest BCUT2D eigenvalue weighted by atomic mass is 35.5. The molecule has 3 N–H and O–H groups in total. The van der Waals surface area contributed by atoms with Crippen LogP contribution in [0.3, 0.4) is 0 Å². The minimum Gasteiger partial charge on any atom is -0.339 e. The average molecular weight is 408 g/mol. The van der Waals surface area contributed by atoms with Gasteiger partial charge >= 0.3 is 0 Å². The zero-order chi connectivity index (χ0) is 20.1. The van der Waals surface area contributed by atoms with E-state index < -0.39 is 0 Å². The Hall–Kier alpha value is -1.67. The molecule has 2 fully saturated rings. The van der Waals surface area contributed by atoms with Crippen LogP contribution in [0.4, 0.5) is 5.69 Å². The van der Waals surface area contributed by atoms with Crippen LogP contribution in [-0.2, 0) is 9.59 Å². The van der Waals surface area contributed by atoms with E-state index in [2.05, 4.69) is 34.9 Å². The molecule has 0 aliphatic carbocycles. The van der Waals surface area contributed by atoms with E-state index >= 15 is 0 Å². The number of benzene rings is 1. The highest BCUT2D eigenvalue weighted by Gasteiger charge is 2.33. The van der Waals surface area contributed by atoms with Crippen molar-refractivity contribution in [1.29, 1.82) is 0 Å².